The largest absolute Gasteiger partial charge is 0.433 e. The van der Waals surface area contributed by atoms with Crippen molar-refractivity contribution in [3.8, 4) is 0 Å². The monoisotopic (exact) mass is 259 g/mol. The summed E-state index contributed by atoms with van der Waals surface area (Å²) in [6.07, 6.45) is -1.44. The standard InChI is InChI=1S/C11H12F3N3O/c12-11(13,14)8-3-2-7(6-16-8)17-9(18)10(15)4-1-5-10/h2-3,6H,1,4-5,15H2,(H,17,18). The van der Waals surface area contributed by atoms with Crippen molar-refractivity contribution in [2.45, 2.75) is 31.0 Å². The minimum absolute atomic E-state index is 0.213. The van der Waals surface area contributed by atoms with Gasteiger partial charge in [0, 0.05) is 0 Å². The highest BCUT2D eigenvalue weighted by Gasteiger charge is 2.40. The Morgan fingerprint density at radius 1 is 1.39 bits per heavy atom. The summed E-state index contributed by atoms with van der Waals surface area (Å²) in [6.45, 7) is 0. The lowest BCUT2D eigenvalue weighted by Gasteiger charge is -2.36. The molecule has 1 aromatic rings. The summed E-state index contributed by atoms with van der Waals surface area (Å²) < 4.78 is 36.8. The molecule has 1 heterocycles. The average Bonchev–Trinajstić information content (AvgIpc) is 2.25. The number of alkyl halides is 3. The first kappa shape index (κ1) is 12.8. The lowest BCUT2D eigenvalue weighted by molar-refractivity contribution is -0.141. The molecule has 0 radical (unpaired) electrons. The van der Waals surface area contributed by atoms with E-state index in [9.17, 15) is 18.0 Å². The number of aromatic nitrogens is 1. The molecule has 0 spiro atoms. The Morgan fingerprint density at radius 3 is 2.44 bits per heavy atom. The highest BCUT2D eigenvalue weighted by Crippen LogP contribution is 2.31. The first-order valence-electron chi connectivity index (χ1n) is 5.45. The first-order chi connectivity index (χ1) is 8.31. The van der Waals surface area contributed by atoms with Gasteiger partial charge >= 0.3 is 6.18 Å². The van der Waals surface area contributed by atoms with Crippen molar-refractivity contribution in [3.05, 3.63) is 24.0 Å². The highest BCUT2D eigenvalue weighted by molar-refractivity contribution is 5.98. The maximum Gasteiger partial charge on any atom is 0.433 e. The Balaban J connectivity index is 2.05. The number of carbonyl (C=O) groups is 1. The Morgan fingerprint density at radius 2 is 2.06 bits per heavy atom. The molecule has 1 aliphatic carbocycles. The van der Waals surface area contributed by atoms with Gasteiger partial charge in [0.25, 0.3) is 0 Å². The zero-order chi connectivity index (χ0) is 13.4. The van der Waals surface area contributed by atoms with Crippen LogP contribution in [0.4, 0.5) is 18.9 Å². The fourth-order valence-corrected chi connectivity index (χ4v) is 1.68. The van der Waals surface area contributed by atoms with Crippen LogP contribution >= 0.6 is 0 Å². The van der Waals surface area contributed by atoms with Crippen LogP contribution in [0.2, 0.25) is 0 Å². The molecule has 1 aromatic heterocycles. The maximum atomic E-state index is 12.3. The third-order valence-corrected chi connectivity index (χ3v) is 3.01. The summed E-state index contributed by atoms with van der Waals surface area (Å²) in [5.41, 5.74) is 4.11. The quantitative estimate of drug-likeness (QED) is 0.852. The molecule has 0 aliphatic heterocycles. The minimum Gasteiger partial charge on any atom is -0.323 e. The van der Waals surface area contributed by atoms with E-state index in [0.29, 0.717) is 12.8 Å². The van der Waals surface area contributed by atoms with Crippen LogP contribution in [0.15, 0.2) is 18.3 Å². The second kappa shape index (κ2) is 4.24. The van der Waals surface area contributed by atoms with E-state index in [0.717, 1.165) is 24.8 Å². The van der Waals surface area contributed by atoms with Gasteiger partial charge in [0.1, 0.15) is 5.69 Å². The molecular formula is C11H12F3N3O. The summed E-state index contributed by atoms with van der Waals surface area (Å²) in [4.78, 5) is 15.0. The van der Waals surface area contributed by atoms with E-state index in [1.807, 2.05) is 0 Å². The van der Waals surface area contributed by atoms with Gasteiger partial charge in [-0.25, -0.2) is 4.98 Å². The Kier molecular flexibility index (Phi) is 3.02. The Hall–Kier alpha value is -1.63. The van der Waals surface area contributed by atoms with Crippen molar-refractivity contribution < 1.29 is 18.0 Å². The number of halogens is 3. The predicted octanol–water partition coefficient (Wildman–Crippen LogP) is 1.92. The fraction of sp³-hybridized carbons (Fsp3) is 0.455. The van der Waals surface area contributed by atoms with Gasteiger partial charge in [-0.05, 0) is 31.4 Å². The molecule has 0 saturated heterocycles. The topological polar surface area (TPSA) is 68.0 Å². The molecule has 98 valence electrons. The van der Waals surface area contributed by atoms with Crippen LogP contribution in [-0.2, 0) is 11.0 Å². The lowest BCUT2D eigenvalue weighted by atomic mass is 9.77. The summed E-state index contributed by atoms with van der Waals surface area (Å²) in [7, 11) is 0. The maximum absolute atomic E-state index is 12.3. The van der Waals surface area contributed by atoms with Crippen LogP contribution in [-0.4, -0.2) is 16.4 Å². The number of pyridine rings is 1. The van der Waals surface area contributed by atoms with Gasteiger partial charge in [0.15, 0.2) is 0 Å². The molecule has 0 aromatic carbocycles. The molecular weight excluding hydrogens is 247 g/mol. The Labute approximate surface area is 101 Å². The zero-order valence-electron chi connectivity index (χ0n) is 9.42. The SMILES string of the molecule is NC1(C(=O)Nc2ccc(C(F)(F)F)nc2)CCC1. The smallest absolute Gasteiger partial charge is 0.323 e. The molecule has 4 nitrogen and oxygen atoms in total. The van der Waals surface area contributed by atoms with Crippen LogP contribution in [0.3, 0.4) is 0 Å². The Bertz CT molecular complexity index is 452. The summed E-state index contributed by atoms with van der Waals surface area (Å²) in [6, 6.07) is 1.98. The predicted molar refractivity (Wildman–Crippen MR) is 58.6 cm³/mol. The van der Waals surface area contributed by atoms with E-state index < -0.39 is 17.4 Å². The van der Waals surface area contributed by atoms with Gasteiger partial charge in [0.05, 0.1) is 17.4 Å². The second-order valence-electron chi connectivity index (χ2n) is 4.39. The van der Waals surface area contributed by atoms with Crippen LogP contribution in [0.5, 0.6) is 0 Å². The third kappa shape index (κ3) is 2.45. The summed E-state index contributed by atoms with van der Waals surface area (Å²) in [5, 5.41) is 2.47. The number of rotatable bonds is 2. The number of hydrogen-bond acceptors (Lipinski definition) is 3. The molecule has 1 aliphatic rings. The first-order valence-corrected chi connectivity index (χ1v) is 5.45. The van der Waals surface area contributed by atoms with Crippen molar-refractivity contribution in [1.82, 2.24) is 4.98 Å². The third-order valence-electron chi connectivity index (χ3n) is 3.01. The molecule has 7 heteroatoms. The van der Waals surface area contributed by atoms with Gasteiger partial charge in [0.2, 0.25) is 5.91 Å². The van der Waals surface area contributed by atoms with E-state index in [2.05, 4.69) is 10.3 Å². The van der Waals surface area contributed by atoms with Crippen molar-refractivity contribution >= 4 is 11.6 Å². The molecule has 3 N–H and O–H groups in total. The number of nitrogens with one attached hydrogen (secondary N) is 1. The molecule has 0 atom stereocenters. The molecule has 2 rings (SSSR count). The number of nitrogens with two attached hydrogens (primary N) is 1. The van der Waals surface area contributed by atoms with Gasteiger partial charge in [-0.3, -0.25) is 4.79 Å². The normalized spacial score (nSPS) is 18.0. The van der Waals surface area contributed by atoms with E-state index in [1.165, 1.54) is 0 Å². The van der Waals surface area contributed by atoms with Crippen molar-refractivity contribution in [1.29, 1.82) is 0 Å². The van der Waals surface area contributed by atoms with E-state index >= 15 is 0 Å². The average molecular weight is 259 g/mol. The minimum atomic E-state index is -4.48. The summed E-state index contributed by atoms with van der Waals surface area (Å²) >= 11 is 0. The molecule has 0 unspecified atom stereocenters. The molecule has 18 heavy (non-hydrogen) atoms. The number of hydrogen-bond donors (Lipinski definition) is 2. The number of nitrogens with zero attached hydrogens (tertiary/aromatic N) is 1. The van der Waals surface area contributed by atoms with Crippen LogP contribution in [0, 0.1) is 0 Å². The summed E-state index contributed by atoms with van der Waals surface area (Å²) in [5.74, 6) is -0.379. The van der Waals surface area contributed by atoms with Gasteiger partial charge in [-0.15, -0.1) is 0 Å². The fourth-order valence-electron chi connectivity index (χ4n) is 1.68. The molecule has 0 bridgehead atoms. The van der Waals surface area contributed by atoms with E-state index in [1.54, 1.807) is 0 Å². The van der Waals surface area contributed by atoms with Crippen molar-refractivity contribution in [3.63, 3.8) is 0 Å². The number of amides is 1. The van der Waals surface area contributed by atoms with Crippen LogP contribution < -0.4 is 11.1 Å². The zero-order valence-corrected chi connectivity index (χ0v) is 9.42. The van der Waals surface area contributed by atoms with Crippen molar-refractivity contribution in [2.24, 2.45) is 5.73 Å². The van der Waals surface area contributed by atoms with Crippen molar-refractivity contribution in [2.75, 3.05) is 5.32 Å². The second-order valence-corrected chi connectivity index (χ2v) is 4.39. The molecule has 1 fully saturated rings. The van der Waals surface area contributed by atoms with Gasteiger partial charge in [-0.2, -0.15) is 13.2 Å². The van der Waals surface area contributed by atoms with Crippen LogP contribution in [0.25, 0.3) is 0 Å². The highest BCUT2D eigenvalue weighted by atomic mass is 19.4. The van der Waals surface area contributed by atoms with E-state index in [4.69, 9.17) is 5.73 Å². The molecule has 1 saturated carbocycles. The number of anilines is 1. The van der Waals surface area contributed by atoms with Gasteiger partial charge in [-0.1, -0.05) is 0 Å². The van der Waals surface area contributed by atoms with E-state index in [-0.39, 0.29) is 11.6 Å². The molecule has 1 amide bonds. The number of carbonyl (C=O) groups excluding carboxylic acids is 1. The van der Waals surface area contributed by atoms with Gasteiger partial charge < -0.3 is 11.1 Å². The lowest BCUT2D eigenvalue weighted by Crippen LogP contribution is -2.56. The van der Waals surface area contributed by atoms with Crippen LogP contribution in [0.1, 0.15) is 25.0 Å².